The van der Waals surface area contributed by atoms with Gasteiger partial charge in [-0.2, -0.15) is 0 Å². The van der Waals surface area contributed by atoms with Crippen molar-refractivity contribution >= 4 is 34.3 Å². The van der Waals surface area contributed by atoms with E-state index < -0.39 is 11.4 Å². The van der Waals surface area contributed by atoms with Gasteiger partial charge in [0, 0.05) is 24.9 Å². The van der Waals surface area contributed by atoms with Crippen LogP contribution in [0.5, 0.6) is 0 Å². The number of carbonyl (C=O) groups excluding carboxylic acids is 3. The van der Waals surface area contributed by atoms with Crippen molar-refractivity contribution in [3.63, 3.8) is 0 Å². The highest BCUT2D eigenvalue weighted by Gasteiger charge is 2.51. The molecule has 0 bridgehead atoms. The number of hydrogen-bond acceptors (Lipinski definition) is 3. The van der Waals surface area contributed by atoms with Crippen LogP contribution in [0, 0.1) is 11.7 Å². The maximum absolute atomic E-state index is 14.3. The summed E-state index contributed by atoms with van der Waals surface area (Å²) in [7, 11) is 0. The molecule has 7 nitrogen and oxygen atoms in total. The molecule has 2 aromatic rings. The summed E-state index contributed by atoms with van der Waals surface area (Å²) in [6.07, 6.45) is 6.77. The average molecular weight is 485 g/mol. The minimum absolute atomic E-state index is 0.0699. The molecule has 1 saturated carbocycles. The van der Waals surface area contributed by atoms with E-state index in [0.717, 1.165) is 44.9 Å². The molecule has 0 saturated heterocycles. The molecule has 1 fully saturated rings. The van der Waals surface area contributed by atoms with E-state index in [1.807, 2.05) is 6.92 Å². The van der Waals surface area contributed by atoms with Crippen LogP contribution < -0.4 is 10.6 Å². The van der Waals surface area contributed by atoms with Crippen molar-refractivity contribution in [2.24, 2.45) is 5.92 Å². The van der Waals surface area contributed by atoms with E-state index in [9.17, 15) is 18.8 Å². The van der Waals surface area contributed by atoms with Gasteiger partial charge in [0.1, 0.15) is 17.1 Å². The van der Waals surface area contributed by atoms with E-state index in [-0.39, 0.29) is 30.3 Å². The molecule has 1 aliphatic carbocycles. The van der Waals surface area contributed by atoms with Crippen LogP contribution in [0.25, 0.3) is 10.9 Å². The second-order valence-corrected chi connectivity index (χ2v) is 10.7. The molecule has 1 atom stereocenters. The predicted molar refractivity (Wildman–Crippen MR) is 135 cm³/mol. The van der Waals surface area contributed by atoms with Gasteiger partial charge in [-0.3, -0.25) is 14.4 Å². The van der Waals surface area contributed by atoms with E-state index in [4.69, 9.17) is 0 Å². The summed E-state index contributed by atoms with van der Waals surface area (Å²) in [5, 5.41) is 6.33. The molecule has 35 heavy (non-hydrogen) atoms. The lowest BCUT2D eigenvalue weighted by atomic mass is 9.90. The second-order valence-electron chi connectivity index (χ2n) is 10.7. The van der Waals surface area contributed by atoms with E-state index >= 15 is 0 Å². The van der Waals surface area contributed by atoms with Crippen LogP contribution in [0.2, 0.25) is 0 Å². The smallest absolute Gasteiger partial charge is 0.273 e. The lowest BCUT2D eigenvalue weighted by molar-refractivity contribution is -0.134. The monoisotopic (exact) mass is 484 g/mol. The van der Waals surface area contributed by atoms with Crippen molar-refractivity contribution in [3.8, 4) is 0 Å². The van der Waals surface area contributed by atoms with E-state index in [1.54, 1.807) is 15.5 Å². The summed E-state index contributed by atoms with van der Waals surface area (Å²) < 4.78 is 16.0. The van der Waals surface area contributed by atoms with Gasteiger partial charge in [-0.15, -0.1) is 0 Å². The number of carbonyl (C=O) groups is 3. The molecule has 1 aliphatic heterocycles. The molecular formula is C27H37FN4O3. The Bertz CT molecular complexity index is 1130. The molecular weight excluding hydrogens is 447 g/mol. The van der Waals surface area contributed by atoms with Gasteiger partial charge in [-0.25, -0.2) is 4.39 Å². The first kappa shape index (κ1) is 25.2. The third kappa shape index (κ3) is 4.80. The third-order valence-corrected chi connectivity index (χ3v) is 7.43. The van der Waals surface area contributed by atoms with Gasteiger partial charge in [-0.05, 0) is 50.3 Å². The van der Waals surface area contributed by atoms with Gasteiger partial charge in [0.05, 0.1) is 17.7 Å². The first-order valence-corrected chi connectivity index (χ1v) is 12.8. The zero-order valence-corrected chi connectivity index (χ0v) is 21.2. The van der Waals surface area contributed by atoms with Crippen molar-refractivity contribution < 1.29 is 18.8 Å². The Morgan fingerprint density at radius 2 is 1.86 bits per heavy atom. The van der Waals surface area contributed by atoms with Crippen LogP contribution in [-0.4, -0.2) is 45.3 Å². The fraction of sp³-hybridized carbons (Fsp3) is 0.593. The lowest BCUT2D eigenvalue weighted by Gasteiger charge is -2.48. The quantitative estimate of drug-likeness (QED) is 0.576. The minimum Gasteiger partial charge on any atom is -0.354 e. The van der Waals surface area contributed by atoms with Crippen LogP contribution in [-0.2, 0) is 16.1 Å². The molecule has 2 heterocycles. The Balaban J connectivity index is 1.85. The molecule has 4 rings (SSSR count). The third-order valence-electron chi connectivity index (χ3n) is 7.43. The number of nitrogens with zero attached hydrogens (tertiary/aromatic N) is 2. The second kappa shape index (κ2) is 9.99. The Hall–Kier alpha value is -2.90. The summed E-state index contributed by atoms with van der Waals surface area (Å²) in [6, 6.07) is 4.23. The van der Waals surface area contributed by atoms with Crippen LogP contribution in [0.4, 0.5) is 10.1 Å². The van der Waals surface area contributed by atoms with Crippen molar-refractivity contribution in [2.45, 2.75) is 90.8 Å². The average Bonchev–Trinajstić information content (AvgIpc) is 2.93. The van der Waals surface area contributed by atoms with E-state index in [1.165, 1.54) is 19.1 Å². The zero-order valence-electron chi connectivity index (χ0n) is 21.2. The molecule has 0 unspecified atom stereocenters. The van der Waals surface area contributed by atoms with Gasteiger partial charge in [0.2, 0.25) is 11.8 Å². The van der Waals surface area contributed by atoms with E-state index in [2.05, 4.69) is 24.5 Å². The number of amides is 3. The fourth-order valence-electron chi connectivity index (χ4n) is 5.67. The predicted octanol–water partition coefficient (Wildman–Crippen LogP) is 4.84. The summed E-state index contributed by atoms with van der Waals surface area (Å²) >= 11 is 0. The molecule has 0 radical (unpaired) electrons. The first-order valence-electron chi connectivity index (χ1n) is 12.8. The molecule has 8 heteroatoms. The van der Waals surface area contributed by atoms with Crippen molar-refractivity contribution in [1.82, 2.24) is 14.8 Å². The number of aromatic nitrogens is 1. The van der Waals surface area contributed by atoms with Crippen LogP contribution in [0.3, 0.4) is 0 Å². The Morgan fingerprint density at radius 1 is 1.17 bits per heavy atom. The van der Waals surface area contributed by atoms with Gasteiger partial charge >= 0.3 is 0 Å². The number of halogens is 1. The number of anilines is 1. The largest absolute Gasteiger partial charge is 0.354 e. The zero-order chi connectivity index (χ0) is 25.3. The maximum Gasteiger partial charge on any atom is 0.273 e. The summed E-state index contributed by atoms with van der Waals surface area (Å²) in [4.78, 5) is 41.8. The SMILES string of the molecule is CC(=O)Nc1c2n(c3ccc(F)cc13)C[C@](C)(C(=O)NCCC(C)C)N(C1CCCCCC1)C2=O. The molecule has 2 aliphatic rings. The number of nitrogens with one attached hydrogen (secondary N) is 2. The van der Waals surface area contributed by atoms with Gasteiger partial charge in [-0.1, -0.05) is 39.5 Å². The molecule has 2 N–H and O–H groups in total. The van der Waals surface area contributed by atoms with Crippen LogP contribution >= 0.6 is 0 Å². The molecule has 3 amide bonds. The number of fused-ring (bicyclic) bond motifs is 3. The number of rotatable bonds is 6. The molecule has 0 spiro atoms. The first-order chi connectivity index (χ1) is 16.6. The summed E-state index contributed by atoms with van der Waals surface area (Å²) in [5.41, 5.74) is 0.153. The summed E-state index contributed by atoms with van der Waals surface area (Å²) in [6.45, 7) is 8.21. The van der Waals surface area contributed by atoms with Gasteiger partial charge in [0.25, 0.3) is 5.91 Å². The van der Waals surface area contributed by atoms with Gasteiger partial charge < -0.3 is 20.1 Å². The Morgan fingerprint density at radius 3 is 2.49 bits per heavy atom. The van der Waals surface area contributed by atoms with Crippen LogP contribution in [0.15, 0.2) is 18.2 Å². The molecule has 190 valence electrons. The standard InChI is InChI=1S/C27H37FN4O3/c1-17(2)13-14-29-26(35)27(4)16-31-22-12-11-19(28)15-21(22)23(30-18(3)33)24(31)25(34)32(27)20-9-7-5-6-8-10-20/h11-12,15,17,20H,5-10,13-14,16H2,1-4H3,(H,29,35)(H,30,33)/t27-/m1/s1. The van der Waals surface area contributed by atoms with Crippen molar-refractivity contribution in [3.05, 3.63) is 29.7 Å². The van der Waals surface area contributed by atoms with Crippen molar-refractivity contribution in [1.29, 1.82) is 0 Å². The highest BCUT2D eigenvalue weighted by atomic mass is 19.1. The normalized spacial score (nSPS) is 21.2. The van der Waals surface area contributed by atoms with Crippen molar-refractivity contribution in [2.75, 3.05) is 11.9 Å². The maximum atomic E-state index is 14.3. The minimum atomic E-state index is -1.11. The Labute approximate surface area is 206 Å². The highest BCUT2D eigenvalue weighted by Crippen LogP contribution is 2.41. The van der Waals surface area contributed by atoms with E-state index in [0.29, 0.717) is 34.7 Å². The Kier molecular flexibility index (Phi) is 7.20. The highest BCUT2D eigenvalue weighted by molar-refractivity contribution is 6.14. The van der Waals surface area contributed by atoms with Gasteiger partial charge in [0.15, 0.2) is 0 Å². The lowest BCUT2D eigenvalue weighted by Crippen LogP contribution is -2.66. The van der Waals surface area contributed by atoms with Crippen LogP contribution in [0.1, 0.15) is 83.1 Å². The summed E-state index contributed by atoms with van der Waals surface area (Å²) in [5.74, 6) is -0.798. The molecule has 1 aromatic heterocycles. The molecule has 1 aromatic carbocycles. The fourth-order valence-corrected chi connectivity index (χ4v) is 5.67. The number of hydrogen-bond donors (Lipinski definition) is 2. The number of benzene rings is 1. The topological polar surface area (TPSA) is 83.4 Å².